The molecule has 2 aromatic carbocycles. The van der Waals surface area contributed by atoms with Crippen LogP contribution < -0.4 is 10.3 Å². The number of fused-ring (bicyclic) bond motifs is 3. The Morgan fingerprint density at radius 3 is 2.66 bits per heavy atom. The molecular formula is C27H23N5O2S. The van der Waals surface area contributed by atoms with Gasteiger partial charge in [0.05, 0.1) is 24.4 Å². The van der Waals surface area contributed by atoms with E-state index in [1.807, 2.05) is 65.5 Å². The van der Waals surface area contributed by atoms with E-state index < -0.39 is 0 Å². The standard InChI is InChI=1S/C27H23N5O2S/c1-34-21-13-11-18(12-14-21)25-19(16-31(30-25)20-7-3-2-4-8-20)15-29-32-17-28-26-24(27(32)33)22-9-5-6-10-23(22)35-26/h2-4,7-8,11-17H,5-6,9-10H2,1H3/b29-15-. The number of methoxy groups -OCH3 is 1. The number of aromatic nitrogens is 4. The van der Waals surface area contributed by atoms with Crippen LogP contribution >= 0.6 is 11.3 Å². The minimum Gasteiger partial charge on any atom is -0.497 e. The molecule has 0 bridgehead atoms. The number of nitrogens with zero attached hydrogens (tertiary/aromatic N) is 5. The van der Waals surface area contributed by atoms with Crippen LogP contribution in [0.1, 0.15) is 28.8 Å². The summed E-state index contributed by atoms with van der Waals surface area (Å²) in [6.07, 6.45) is 9.36. The number of hydrogen-bond donors (Lipinski definition) is 0. The molecule has 8 heteroatoms. The van der Waals surface area contributed by atoms with Gasteiger partial charge in [0.1, 0.15) is 22.6 Å². The second-order valence-corrected chi connectivity index (χ2v) is 9.56. The molecule has 0 fully saturated rings. The topological polar surface area (TPSA) is 74.3 Å². The molecule has 0 atom stereocenters. The number of para-hydroxylation sites is 1. The van der Waals surface area contributed by atoms with E-state index in [9.17, 15) is 4.79 Å². The number of benzene rings is 2. The number of ether oxygens (including phenoxy) is 1. The van der Waals surface area contributed by atoms with Crippen LogP contribution in [-0.2, 0) is 12.8 Å². The van der Waals surface area contributed by atoms with Crippen LogP contribution in [0.5, 0.6) is 5.75 Å². The third kappa shape index (κ3) is 3.95. The van der Waals surface area contributed by atoms with Crippen molar-refractivity contribution in [3.8, 4) is 22.7 Å². The second-order valence-electron chi connectivity index (χ2n) is 8.47. The van der Waals surface area contributed by atoms with E-state index in [1.165, 1.54) is 22.3 Å². The highest BCUT2D eigenvalue weighted by Crippen LogP contribution is 2.33. The van der Waals surface area contributed by atoms with Crippen molar-refractivity contribution >= 4 is 27.8 Å². The third-order valence-electron chi connectivity index (χ3n) is 6.31. The average molecular weight is 482 g/mol. The average Bonchev–Trinajstić information content (AvgIpc) is 3.51. The van der Waals surface area contributed by atoms with Gasteiger partial charge in [0.15, 0.2) is 0 Å². The summed E-state index contributed by atoms with van der Waals surface area (Å²) in [5, 5.41) is 10.1. The van der Waals surface area contributed by atoms with Gasteiger partial charge >= 0.3 is 0 Å². The normalized spacial score (nSPS) is 13.4. The van der Waals surface area contributed by atoms with Gasteiger partial charge in [0, 0.05) is 22.2 Å². The van der Waals surface area contributed by atoms with Crippen molar-refractivity contribution in [3.05, 3.63) is 93.5 Å². The number of thiophene rings is 1. The van der Waals surface area contributed by atoms with Crippen molar-refractivity contribution in [2.45, 2.75) is 25.7 Å². The molecule has 0 unspecified atom stereocenters. The maximum Gasteiger partial charge on any atom is 0.282 e. The zero-order valence-corrected chi connectivity index (χ0v) is 20.0. The summed E-state index contributed by atoms with van der Waals surface area (Å²) in [6, 6.07) is 17.6. The Morgan fingerprint density at radius 1 is 1.06 bits per heavy atom. The van der Waals surface area contributed by atoms with E-state index >= 15 is 0 Å². The summed E-state index contributed by atoms with van der Waals surface area (Å²) in [4.78, 5) is 20.0. The molecule has 0 N–H and O–H groups in total. The van der Waals surface area contributed by atoms with Crippen LogP contribution in [0.2, 0.25) is 0 Å². The molecular weight excluding hydrogens is 458 g/mol. The van der Waals surface area contributed by atoms with E-state index in [0.29, 0.717) is 0 Å². The highest BCUT2D eigenvalue weighted by molar-refractivity contribution is 7.18. The molecule has 3 heterocycles. The van der Waals surface area contributed by atoms with Crippen molar-refractivity contribution in [1.29, 1.82) is 0 Å². The molecule has 0 saturated carbocycles. The molecule has 0 radical (unpaired) electrons. The van der Waals surface area contributed by atoms with Gasteiger partial charge in [-0.3, -0.25) is 4.79 Å². The second kappa shape index (κ2) is 8.96. The molecule has 0 saturated heterocycles. The summed E-state index contributed by atoms with van der Waals surface area (Å²) in [5.74, 6) is 0.775. The summed E-state index contributed by atoms with van der Waals surface area (Å²) in [5.41, 5.74) is 4.46. The zero-order chi connectivity index (χ0) is 23.8. The van der Waals surface area contributed by atoms with Crippen molar-refractivity contribution in [2.75, 3.05) is 7.11 Å². The van der Waals surface area contributed by atoms with E-state index in [2.05, 4.69) is 10.1 Å². The molecule has 35 heavy (non-hydrogen) atoms. The molecule has 7 nitrogen and oxygen atoms in total. The molecule has 1 aliphatic rings. The van der Waals surface area contributed by atoms with Gasteiger partial charge in [0.2, 0.25) is 0 Å². The quantitative estimate of drug-likeness (QED) is 0.328. The zero-order valence-electron chi connectivity index (χ0n) is 19.2. The maximum absolute atomic E-state index is 13.3. The fourth-order valence-electron chi connectivity index (χ4n) is 4.51. The molecule has 0 spiro atoms. The van der Waals surface area contributed by atoms with Gasteiger partial charge < -0.3 is 4.74 Å². The van der Waals surface area contributed by atoms with Gasteiger partial charge in [-0.15, -0.1) is 11.3 Å². The fourth-order valence-corrected chi connectivity index (χ4v) is 5.73. The Bertz CT molecular complexity index is 1600. The van der Waals surface area contributed by atoms with Crippen molar-refractivity contribution in [1.82, 2.24) is 19.4 Å². The number of aryl methyl sites for hydroxylation is 2. The SMILES string of the molecule is COc1ccc(-c2nn(-c3ccccc3)cc2/C=N\n2cnc3sc4c(c3c2=O)CCCC4)cc1. The van der Waals surface area contributed by atoms with Crippen molar-refractivity contribution in [2.24, 2.45) is 5.10 Å². The Hall–Kier alpha value is -4.04. The lowest BCUT2D eigenvalue weighted by Crippen LogP contribution is -2.18. The van der Waals surface area contributed by atoms with Crippen LogP contribution in [0.4, 0.5) is 0 Å². The smallest absolute Gasteiger partial charge is 0.282 e. The van der Waals surface area contributed by atoms with Crippen LogP contribution in [0.3, 0.4) is 0 Å². The summed E-state index contributed by atoms with van der Waals surface area (Å²) in [6.45, 7) is 0. The maximum atomic E-state index is 13.3. The molecule has 1 aliphatic carbocycles. The summed E-state index contributed by atoms with van der Waals surface area (Å²) < 4.78 is 8.45. The molecule has 0 amide bonds. The van der Waals surface area contributed by atoms with Crippen molar-refractivity contribution in [3.63, 3.8) is 0 Å². The molecule has 0 aliphatic heterocycles. The first kappa shape index (κ1) is 21.5. The highest BCUT2D eigenvalue weighted by Gasteiger charge is 2.20. The Labute approximate surface area is 206 Å². The molecule has 174 valence electrons. The van der Waals surface area contributed by atoms with E-state index in [-0.39, 0.29) is 5.56 Å². The first-order valence-corrected chi connectivity index (χ1v) is 12.4. The Kier molecular flexibility index (Phi) is 5.50. The number of hydrogen-bond acceptors (Lipinski definition) is 6. The summed E-state index contributed by atoms with van der Waals surface area (Å²) >= 11 is 1.64. The largest absolute Gasteiger partial charge is 0.497 e. The van der Waals surface area contributed by atoms with Crippen LogP contribution in [0.25, 0.3) is 27.2 Å². The van der Waals surface area contributed by atoms with E-state index in [1.54, 1.807) is 24.7 Å². The van der Waals surface area contributed by atoms with Gasteiger partial charge in [-0.25, -0.2) is 9.67 Å². The highest BCUT2D eigenvalue weighted by atomic mass is 32.1. The van der Waals surface area contributed by atoms with Gasteiger partial charge in [-0.05, 0) is 67.6 Å². The Balaban J connectivity index is 1.43. The first-order chi connectivity index (χ1) is 17.2. The lowest BCUT2D eigenvalue weighted by atomic mass is 9.97. The predicted molar refractivity (Wildman–Crippen MR) is 139 cm³/mol. The monoisotopic (exact) mass is 481 g/mol. The van der Waals surface area contributed by atoms with Crippen LogP contribution in [0.15, 0.2) is 77.0 Å². The third-order valence-corrected chi connectivity index (χ3v) is 7.51. The predicted octanol–water partition coefficient (Wildman–Crippen LogP) is 5.08. The fraction of sp³-hybridized carbons (Fsp3) is 0.185. The van der Waals surface area contributed by atoms with Crippen LogP contribution in [-0.4, -0.2) is 32.8 Å². The number of rotatable bonds is 5. The Morgan fingerprint density at radius 2 is 1.86 bits per heavy atom. The van der Waals surface area contributed by atoms with Gasteiger partial charge in [-0.1, -0.05) is 18.2 Å². The summed E-state index contributed by atoms with van der Waals surface area (Å²) in [7, 11) is 1.64. The van der Waals surface area contributed by atoms with Crippen molar-refractivity contribution < 1.29 is 4.74 Å². The molecule has 3 aromatic heterocycles. The van der Waals surface area contributed by atoms with Gasteiger partial charge in [0.25, 0.3) is 5.56 Å². The van der Waals surface area contributed by atoms with Gasteiger partial charge in [-0.2, -0.15) is 14.9 Å². The minimum atomic E-state index is -0.118. The molecule has 5 aromatic rings. The lowest BCUT2D eigenvalue weighted by Gasteiger charge is -2.09. The van der Waals surface area contributed by atoms with E-state index in [0.717, 1.165) is 63.3 Å². The first-order valence-electron chi connectivity index (χ1n) is 11.6. The van der Waals surface area contributed by atoms with Crippen LogP contribution in [0, 0.1) is 0 Å². The lowest BCUT2D eigenvalue weighted by molar-refractivity contribution is 0.415. The van der Waals surface area contributed by atoms with E-state index in [4.69, 9.17) is 9.84 Å². The minimum absolute atomic E-state index is 0.118. The molecule has 6 rings (SSSR count).